The third-order valence-electron chi connectivity index (χ3n) is 2.03. The fourth-order valence-corrected chi connectivity index (χ4v) is 2.58. The van der Waals surface area contributed by atoms with Gasteiger partial charge in [0.1, 0.15) is 11.4 Å². The van der Waals surface area contributed by atoms with Crippen LogP contribution in [0, 0.1) is 0 Å². The maximum absolute atomic E-state index is 11.1. The van der Waals surface area contributed by atoms with E-state index in [1.165, 1.54) is 0 Å². The summed E-state index contributed by atoms with van der Waals surface area (Å²) in [5, 5.41) is 0.230. The fraction of sp³-hybridized carbons (Fsp3) is 0.571. The second-order valence-electron chi connectivity index (χ2n) is 2.94. The summed E-state index contributed by atoms with van der Waals surface area (Å²) >= 11 is 1.71. The number of hydrogen-bond donors (Lipinski definition) is 1. The number of fused-ring (bicyclic) bond motifs is 1. The van der Waals surface area contributed by atoms with E-state index in [4.69, 9.17) is 5.73 Å². The Morgan fingerprint density at radius 3 is 3.18 bits per heavy atom. The van der Waals surface area contributed by atoms with Gasteiger partial charge in [-0.25, -0.2) is 0 Å². The van der Waals surface area contributed by atoms with E-state index in [9.17, 15) is 4.79 Å². The number of carbonyl (C=O) groups is 1. The smallest absolute Gasteiger partial charge is 0.243 e. The molecule has 4 heteroatoms. The highest BCUT2D eigenvalue weighted by molar-refractivity contribution is 8.00. The van der Waals surface area contributed by atoms with Gasteiger partial charge in [0.15, 0.2) is 0 Å². The molecule has 0 aromatic rings. The maximum atomic E-state index is 11.1. The number of carbonyl (C=O) groups excluding carboxylic acids is 1. The van der Waals surface area contributed by atoms with E-state index >= 15 is 0 Å². The summed E-state index contributed by atoms with van der Waals surface area (Å²) < 4.78 is 0. The van der Waals surface area contributed by atoms with Crippen LogP contribution in [-0.4, -0.2) is 34.5 Å². The van der Waals surface area contributed by atoms with Crippen LogP contribution in [0.2, 0.25) is 0 Å². The van der Waals surface area contributed by atoms with Crippen molar-refractivity contribution in [2.75, 3.05) is 12.3 Å². The summed E-state index contributed by atoms with van der Waals surface area (Å²) in [7, 11) is 0. The maximum Gasteiger partial charge on any atom is 0.243 e. The van der Waals surface area contributed by atoms with Crippen LogP contribution in [0.25, 0.3) is 0 Å². The summed E-state index contributed by atoms with van der Waals surface area (Å²) in [6.45, 7) is 4.55. The van der Waals surface area contributed by atoms with Crippen molar-refractivity contribution in [3.8, 4) is 0 Å². The van der Waals surface area contributed by atoms with Gasteiger partial charge in [-0.2, -0.15) is 0 Å². The van der Waals surface area contributed by atoms with E-state index < -0.39 is 0 Å². The first-order valence-corrected chi connectivity index (χ1v) is 4.59. The molecule has 0 bridgehead atoms. The highest BCUT2D eigenvalue weighted by atomic mass is 32.2. The van der Waals surface area contributed by atoms with Gasteiger partial charge in [-0.15, -0.1) is 11.8 Å². The van der Waals surface area contributed by atoms with Gasteiger partial charge in [-0.1, -0.05) is 6.58 Å². The molecule has 0 spiro atoms. The number of thioether (sulfide) groups is 1. The predicted octanol–water partition coefficient (Wildman–Crippen LogP) is -0.215. The normalized spacial score (nSPS) is 36.6. The average molecular weight is 170 g/mol. The molecule has 2 saturated heterocycles. The highest BCUT2D eigenvalue weighted by Crippen LogP contribution is 2.34. The second kappa shape index (κ2) is 2.25. The molecule has 1 unspecified atom stereocenters. The van der Waals surface area contributed by atoms with Crippen LogP contribution in [0.1, 0.15) is 0 Å². The van der Waals surface area contributed by atoms with Crippen molar-refractivity contribution in [3.63, 3.8) is 0 Å². The van der Waals surface area contributed by atoms with Gasteiger partial charge in [0.2, 0.25) is 5.91 Å². The molecule has 0 aromatic heterocycles. The van der Waals surface area contributed by atoms with Crippen LogP contribution in [0.5, 0.6) is 0 Å². The summed E-state index contributed by atoms with van der Waals surface area (Å²) in [6.07, 6.45) is 0. The van der Waals surface area contributed by atoms with Crippen LogP contribution in [0.15, 0.2) is 12.2 Å². The summed E-state index contributed by atoms with van der Waals surface area (Å²) in [5.41, 5.74) is 6.70. The van der Waals surface area contributed by atoms with Crippen molar-refractivity contribution >= 4 is 17.7 Å². The largest absolute Gasteiger partial charge is 0.323 e. The van der Waals surface area contributed by atoms with Gasteiger partial charge in [0.25, 0.3) is 0 Å². The minimum atomic E-state index is -0.256. The molecule has 2 aliphatic rings. The number of nitrogens with zero attached hydrogens (tertiary/aromatic N) is 1. The monoisotopic (exact) mass is 170 g/mol. The molecule has 2 N–H and O–H groups in total. The highest BCUT2D eigenvalue weighted by Gasteiger charge is 2.46. The Hall–Kier alpha value is -0.480. The lowest BCUT2D eigenvalue weighted by molar-refractivity contribution is -0.143. The van der Waals surface area contributed by atoms with E-state index in [0.717, 1.165) is 11.3 Å². The van der Waals surface area contributed by atoms with Gasteiger partial charge >= 0.3 is 0 Å². The third-order valence-corrected chi connectivity index (χ3v) is 3.50. The number of rotatable bonds is 0. The van der Waals surface area contributed by atoms with Crippen molar-refractivity contribution in [1.29, 1.82) is 0 Å². The Balaban J connectivity index is 2.10. The van der Waals surface area contributed by atoms with E-state index in [-0.39, 0.29) is 17.3 Å². The molecular formula is C7H10N2OS. The van der Waals surface area contributed by atoms with Crippen LogP contribution < -0.4 is 5.73 Å². The molecule has 0 saturated carbocycles. The van der Waals surface area contributed by atoms with Crippen molar-refractivity contribution in [2.45, 2.75) is 11.4 Å². The van der Waals surface area contributed by atoms with Gasteiger partial charge < -0.3 is 10.6 Å². The van der Waals surface area contributed by atoms with Crippen molar-refractivity contribution in [2.24, 2.45) is 5.73 Å². The first-order valence-electron chi connectivity index (χ1n) is 3.54. The number of nitrogens with two attached hydrogens (primary N) is 1. The molecule has 2 heterocycles. The standard InChI is InChI=1S/C7H10N2OS/c1-4-2-9-6(10)5(8)7(9)11-3-4/h5,7H,1-3,8H2/t5?,7-/m1/s1. The van der Waals surface area contributed by atoms with E-state index in [1.54, 1.807) is 16.7 Å². The van der Waals surface area contributed by atoms with Gasteiger partial charge in [0.05, 0.1) is 0 Å². The SMILES string of the molecule is C=C1CS[C@@H]2C(N)C(=O)N2C1. The molecule has 2 atom stereocenters. The Morgan fingerprint density at radius 2 is 2.45 bits per heavy atom. The quantitative estimate of drug-likeness (QED) is 0.404. The number of amides is 1. The number of β-lactam (4-membered cyclic amide) rings is 1. The number of hydrogen-bond acceptors (Lipinski definition) is 3. The lowest BCUT2D eigenvalue weighted by Gasteiger charge is -2.48. The molecule has 60 valence electrons. The van der Waals surface area contributed by atoms with Crippen LogP contribution in [-0.2, 0) is 4.79 Å². The van der Waals surface area contributed by atoms with E-state index in [1.807, 2.05) is 0 Å². The van der Waals surface area contributed by atoms with Crippen molar-refractivity contribution in [3.05, 3.63) is 12.2 Å². The van der Waals surface area contributed by atoms with Crippen molar-refractivity contribution in [1.82, 2.24) is 4.90 Å². The Bertz CT molecular complexity index is 228. The Morgan fingerprint density at radius 1 is 1.73 bits per heavy atom. The molecule has 0 aliphatic carbocycles. The molecule has 0 radical (unpaired) electrons. The van der Waals surface area contributed by atoms with Crippen LogP contribution in [0.4, 0.5) is 0 Å². The molecule has 2 aliphatic heterocycles. The zero-order valence-electron chi connectivity index (χ0n) is 6.12. The lowest BCUT2D eigenvalue weighted by Crippen LogP contribution is -2.68. The zero-order valence-corrected chi connectivity index (χ0v) is 6.93. The summed E-state index contributed by atoms with van der Waals surface area (Å²) in [5.74, 6) is 1.02. The van der Waals surface area contributed by atoms with Crippen LogP contribution in [0.3, 0.4) is 0 Å². The van der Waals surface area contributed by atoms with E-state index in [2.05, 4.69) is 6.58 Å². The minimum Gasteiger partial charge on any atom is -0.323 e. The lowest BCUT2D eigenvalue weighted by atomic mass is 10.1. The van der Waals surface area contributed by atoms with E-state index in [0.29, 0.717) is 6.54 Å². The van der Waals surface area contributed by atoms with Crippen LogP contribution >= 0.6 is 11.8 Å². The predicted molar refractivity (Wildman–Crippen MR) is 45.1 cm³/mol. The summed E-state index contributed by atoms with van der Waals surface area (Å²) in [6, 6.07) is -0.256. The molecular weight excluding hydrogens is 160 g/mol. The topological polar surface area (TPSA) is 46.3 Å². The van der Waals surface area contributed by atoms with Crippen molar-refractivity contribution < 1.29 is 4.79 Å². The molecule has 0 aromatic carbocycles. The molecule has 2 rings (SSSR count). The fourth-order valence-electron chi connectivity index (χ4n) is 1.40. The first-order chi connectivity index (χ1) is 5.20. The molecule has 11 heavy (non-hydrogen) atoms. The van der Waals surface area contributed by atoms with Gasteiger partial charge in [-0.3, -0.25) is 4.79 Å². The molecule has 2 fully saturated rings. The van der Waals surface area contributed by atoms with Gasteiger partial charge in [0, 0.05) is 12.3 Å². The molecule has 1 amide bonds. The third kappa shape index (κ3) is 0.895. The Labute approximate surface area is 69.6 Å². The first kappa shape index (κ1) is 7.18. The summed E-state index contributed by atoms with van der Waals surface area (Å²) in [4.78, 5) is 12.9. The molecule has 3 nitrogen and oxygen atoms in total. The second-order valence-corrected chi connectivity index (χ2v) is 4.05. The minimum absolute atomic E-state index is 0.0725. The Kier molecular flexibility index (Phi) is 1.47. The zero-order chi connectivity index (χ0) is 8.01. The van der Waals surface area contributed by atoms with Gasteiger partial charge in [-0.05, 0) is 5.57 Å². The average Bonchev–Trinajstić information content (AvgIpc) is 2.03.